The molecule has 2 aromatic rings. The first kappa shape index (κ1) is 30.8. The number of hydrogen-bond donors (Lipinski definition) is 2. The minimum atomic E-state index is -0.433. The minimum absolute atomic E-state index is 0.0571. The van der Waals surface area contributed by atoms with Crippen LogP contribution in [0.25, 0.3) is 10.8 Å². The van der Waals surface area contributed by atoms with E-state index in [4.69, 9.17) is 0 Å². The highest BCUT2D eigenvalue weighted by Crippen LogP contribution is 2.66. The Kier molecular flexibility index (Phi) is 7.73. The van der Waals surface area contributed by atoms with Gasteiger partial charge < -0.3 is 20.0 Å². The molecule has 2 saturated heterocycles. The van der Waals surface area contributed by atoms with Gasteiger partial charge in [-0.25, -0.2) is 0 Å². The highest BCUT2D eigenvalue weighted by Gasteiger charge is 2.61. The van der Waals surface area contributed by atoms with Crippen LogP contribution in [-0.4, -0.2) is 98.7 Å². The Morgan fingerprint density at radius 2 is 1.63 bits per heavy atom. The van der Waals surface area contributed by atoms with E-state index in [0.29, 0.717) is 55.4 Å². The van der Waals surface area contributed by atoms with Crippen molar-refractivity contribution in [3.8, 4) is 0 Å². The Bertz CT molecular complexity index is 1490. The quantitative estimate of drug-likeness (QED) is 0.511. The molecule has 10 atom stereocenters. The first-order chi connectivity index (χ1) is 22.2. The van der Waals surface area contributed by atoms with E-state index >= 15 is 0 Å². The topological polar surface area (TPSA) is 97.2 Å². The number of carbonyl (C=O) groups is 2. The number of aliphatic hydroxyl groups excluding tert-OH is 2. The number of hydrogen-bond acceptors (Lipinski definition) is 6. The molecule has 8 nitrogen and oxygen atoms in total. The van der Waals surface area contributed by atoms with Crippen LogP contribution in [-0.2, 0) is 4.79 Å². The average molecular weight is 629 g/mol. The van der Waals surface area contributed by atoms with Crippen LogP contribution in [0.4, 0.5) is 0 Å². The largest absolute Gasteiger partial charge is 0.393 e. The van der Waals surface area contributed by atoms with E-state index in [1.165, 1.54) is 25.7 Å². The van der Waals surface area contributed by atoms with E-state index in [1.807, 2.05) is 35.2 Å². The Morgan fingerprint density at radius 1 is 0.870 bits per heavy atom. The van der Waals surface area contributed by atoms with E-state index < -0.39 is 6.04 Å². The van der Waals surface area contributed by atoms with Crippen molar-refractivity contribution >= 4 is 22.6 Å². The lowest BCUT2D eigenvalue weighted by Gasteiger charge is -2.62. The van der Waals surface area contributed by atoms with Crippen molar-refractivity contribution in [1.29, 1.82) is 0 Å². The molecule has 0 radical (unpaired) electrons. The molecule has 2 aliphatic heterocycles. The normalized spacial score (nSPS) is 41.2. The summed E-state index contributed by atoms with van der Waals surface area (Å²) >= 11 is 0. The number of likely N-dealkylation sites (tertiary alicyclic amines) is 1. The Balaban J connectivity index is 0.922. The van der Waals surface area contributed by atoms with Crippen LogP contribution in [0, 0.1) is 34.5 Å². The predicted octanol–water partition coefficient (Wildman–Crippen LogP) is 4.73. The smallest absolute Gasteiger partial charge is 0.273 e. The molecule has 3 heterocycles. The van der Waals surface area contributed by atoms with Crippen molar-refractivity contribution in [2.75, 3.05) is 32.7 Å². The van der Waals surface area contributed by atoms with Gasteiger partial charge in [-0.1, -0.05) is 38.1 Å². The number of rotatable bonds is 3. The molecule has 6 aliphatic rings. The molecule has 0 bridgehead atoms. The second-order valence-electron chi connectivity index (χ2n) is 16.3. The molecule has 4 saturated carbocycles. The molecular weight excluding hydrogens is 576 g/mol. The van der Waals surface area contributed by atoms with Gasteiger partial charge in [-0.15, -0.1) is 0 Å². The highest BCUT2D eigenvalue weighted by molar-refractivity contribution is 5.99. The molecule has 1 aromatic carbocycles. The molecule has 248 valence electrons. The van der Waals surface area contributed by atoms with E-state index in [-0.39, 0.29) is 40.9 Å². The fraction of sp³-hybridized carbons (Fsp3) is 0.711. The van der Waals surface area contributed by atoms with Gasteiger partial charge in [-0.2, -0.15) is 0 Å². The van der Waals surface area contributed by atoms with E-state index in [0.717, 1.165) is 56.0 Å². The molecule has 8 rings (SSSR count). The van der Waals surface area contributed by atoms with Crippen LogP contribution in [0.2, 0.25) is 0 Å². The van der Waals surface area contributed by atoms with Gasteiger partial charge >= 0.3 is 0 Å². The summed E-state index contributed by atoms with van der Waals surface area (Å²) < 4.78 is 0. The minimum Gasteiger partial charge on any atom is -0.393 e. The summed E-state index contributed by atoms with van der Waals surface area (Å²) in [5.41, 5.74) is 0.709. The Labute approximate surface area is 273 Å². The molecule has 8 heteroatoms. The SMILES string of the molecule is C[C@]12CC[C@H]3[C@@H](CCC4C[C@H](O)[C@@H](N5CCN(C(=O)[C@@H]6CCCN6C(=O)c6cc7ccccc7cn6)CC5)C[C@@]43C)[C@@H]1CC[C@@H]2O. The van der Waals surface area contributed by atoms with Gasteiger partial charge in [0.15, 0.2) is 0 Å². The number of piperazine rings is 1. The van der Waals surface area contributed by atoms with Gasteiger partial charge in [-0.05, 0) is 110 Å². The van der Waals surface area contributed by atoms with Crippen molar-refractivity contribution in [3.05, 3.63) is 42.2 Å². The first-order valence-corrected chi connectivity index (χ1v) is 18.2. The standard InChI is InChI=1S/C38H52N4O4/c1-37-14-13-29-27(28(37)11-12-34(37)44)10-9-26-21-33(43)32(22-38(26,29)2)40-16-18-41(19-17-40)36(46)31-8-5-15-42(31)35(45)30-20-24-6-3-4-7-25(24)23-39-30/h3-4,6-7,20,23,26-29,31-34,43-44H,5,8-19,21-22H2,1-2H3/t26?,27-,28-,29-,31-,32-,33-,34-,37-,38-/m0/s1. The summed E-state index contributed by atoms with van der Waals surface area (Å²) in [7, 11) is 0. The summed E-state index contributed by atoms with van der Waals surface area (Å²) in [4.78, 5) is 38.1. The monoisotopic (exact) mass is 628 g/mol. The lowest BCUT2D eigenvalue weighted by atomic mass is 9.44. The number of aliphatic hydroxyl groups is 2. The molecule has 2 N–H and O–H groups in total. The number of aromatic nitrogens is 1. The fourth-order valence-corrected chi connectivity index (χ4v) is 11.7. The van der Waals surface area contributed by atoms with Gasteiger partial charge in [-0.3, -0.25) is 19.5 Å². The Morgan fingerprint density at radius 3 is 2.43 bits per heavy atom. The summed E-state index contributed by atoms with van der Waals surface area (Å²) in [5, 5.41) is 24.4. The second-order valence-corrected chi connectivity index (χ2v) is 16.3. The summed E-state index contributed by atoms with van der Waals surface area (Å²) in [5.74, 6) is 2.48. The third-order valence-corrected chi connectivity index (χ3v) is 14.4. The lowest BCUT2D eigenvalue weighted by Crippen LogP contribution is -2.62. The van der Waals surface area contributed by atoms with Crippen LogP contribution in [0.3, 0.4) is 0 Å². The number of amides is 2. The molecule has 2 amide bonds. The number of nitrogens with zero attached hydrogens (tertiary/aromatic N) is 4. The summed E-state index contributed by atoms with van der Waals surface area (Å²) in [6, 6.07) is 9.44. The van der Waals surface area contributed by atoms with Crippen molar-refractivity contribution in [2.24, 2.45) is 34.5 Å². The van der Waals surface area contributed by atoms with Crippen LogP contribution >= 0.6 is 0 Å². The van der Waals surface area contributed by atoms with Crippen molar-refractivity contribution in [3.63, 3.8) is 0 Å². The van der Waals surface area contributed by atoms with Crippen LogP contribution < -0.4 is 0 Å². The molecule has 4 aliphatic carbocycles. The number of fused-ring (bicyclic) bond motifs is 6. The maximum Gasteiger partial charge on any atom is 0.273 e. The maximum absolute atomic E-state index is 13.9. The van der Waals surface area contributed by atoms with Crippen LogP contribution in [0.1, 0.15) is 88.5 Å². The lowest BCUT2D eigenvalue weighted by molar-refractivity contribution is -0.157. The first-order valence-electron chi connectivity index (χ1n) is 18.2. The van der Waals surface area contributed by atoms with E-state index in [2.05, 4.69) is 23.7 Å². The highest BCUT2D eigenvalue weighted by atomic mass is 16.3. The Hall–Kier alpha value is -2.55. The maximum atomic E-state index is 13.9. The van der Waals surface area contributed by atoms with Crippen molar-refractivity contribution < 1.29 is 19.8 Å². The molecule has 1 aromatic heterocycles. The zero-order chi connectivity index (χ0) is 31.8. The van der Waals surface area contributed by atoms with Gasteiger partial charge in [0.1, 0.15) is 11.7 Å². The third-order valence-electron chi connectivity index (χ3n) is 14.4. The second kappa shape index (κ2) is 11.6. The fourth-order valence-electron chi connectivity index (χ4n) is 11.7. The van der Waals surface area contributed by atoms with Gasteiger partial charge in [0.05, 0.1) is 12.2 Å². The van der Waals surface area contributed by atoms with Gasteiger partial charge in [0.25, 0.3) is 5.91 Å². The van der Waals surface area contributed by atoms with Crippen molar-refractivity contribution in [2.45, 2.75) is 102 Å². The van der Waals surface area contributed by atoms with Crippen LogP contribution in [0.5, 0.6) is 0 Å². The molecule has 46 heavy (non-hydrogen) atoms. The van der Waals surface area contributed by atoms with Gasteiger partial charge in [0, 0.05) is 50.3 Å². The van der Waals surface area contributed by atoms with Gasteiger partial charge in [0.2, 0.25) is 5.91 Å². The van der Waals surface area contributed by atoms with Crippen LogP contribution in [0.15, 0.2) is 36.5 Å². The molecular formula is C38H52N4O4. The zero-order valence-electron chi connectivity index (χ0n) is 27.7. The molecule has 6 fully saturated rings. The summed E-state index contributed by atoms with van der Waals surface area (Å²) in [6.45, 7) is 8.29. The van der Waals surface area contributed by atoms with Crippen molar-refractivity contribution in [1.82, 2.24) is 19.7 Å². The number of pyridine rings is 1. The summed E-state index contributed by atoms with van der Waals surface area (Å²) in [6.07, 6.45) is 11.6. The predicted molar refractivity (Wildman–Crippen MR) is 177 cm³/mol. The van der Waals surface area contributed by atoms with E-state index in [9.17, 15) is 19.8 Å². The molecule has 1 unspecified atom stereocenters. The number of carbonyl (C=O) groups excluding carboxylic acids is 2. The van der Waals surface area contributed by atoms with E-state index in [1.54, 1.807) is 11.1 Å². The average Bonchev–Trinajstić information content (AvgIpc) is 3.68. The number of benzene rings is 1. The third kappa shape index (κ3) is 4.83. The molecule has 0 spiro atoms. The zero-order valence-corrected chi connectivity index (χ0v) is 27.7.